The predicted molar refractivity (Wildman–Crippen MR) is 50.5 cm³/mol. The summed E-state index contributed by atoms with van der Waals surface area (Å²) in [6.07, 6.45) is 8.34. The quantitative estimate of drug-likeness (QED) is 0.729. The van der Waals surface area contributed by atoms with Crippen LogP contribution in [0.5, 0.6) is 0 Å². The van der Waals surface area contributed by atoms with Crippen molar-refractivity contribution in [3.05, 3.63) is 30.5 Å². The summed E-state index contributed by atoms with van der Waals surface area (Å²) in [6, 6.07) is 0. The summed E-state index contributed by atoms with van der Waals surface area (Å²) in [7, 11) is 0. The smallest absolute Gasteiger partial charge is 0.155 e. The van der Waals surface area contributed by atoms with Gasteiger partial charge < -0.3 is 4.40 Å². The van der Waals surface area contributed by atoms with Crippen molar-refractivity contribution in [2.24, 2.45) is 0 Å². The van der Waals surface area contributed by atoms with Gasteiger partial charge in [-0.05, 0) is 6.42 Å². The van der Waals surface area contributed by atoms with E-state index in [0.717, 1.165) is 17.4 Å². The third-order valence-electron chi connectivity index (χ3n) is 1.74. The van der Waals surface area contributed by atoms with Crippen LogP contribution in [0.15, 0.2) is 24.8 Å². The summed E-state index contributed by atoms with van der Waals surface area (Å²) in [5.74, 6) is 0. The van der Waals surface area contributed by atoms with Crippen LogP contribution in [0, 0.1) is 0 Å². The Morgan fingerprint density at radius 3 is 3.17 bits per heavy atom. The van der Waals surface area contributed by atoms with Crippen molar-refractivity contribution in [2.75, 3.05) is 5.33 Å². The molecule has 0 N–H and O–H groups in total. The third kappa shape index (κ3) is 1.22. The van der Waals surface area contributed by atoms with Crippen LogP contribution in [-0.2, 0) is 6.42 Å². The van der Waals surface area contributed by atoms with Crippen molar-refractivity contribution < 1.29 is 0 Å². The third-order valence-corrected chi connectivity index (χ3v) is 2.14. The Hall–Kier alpha value is -0.900. The molecule has 0 aliphatic carbocycles. The van der Waals surface area contributed by atoms with E-state index in [9.17, 15) is 0 Å². The van der Waals surface area contributed by atoms with Crippen LogP contribution in [0.3, 0.4) is 0 Å². The summed E-state index contributed by atoms with van der Waals surface area (Å²) in [5.41, 5.74) is 2.12. The molecular weight excluding hydrogens is 218 g/mol. The average Bonchev–Trinajstić information content (AvgIpc) is 2.50. The molecule has 0 spiro atoms. The molecule has 0 unspecified atom stereocenters. The van der Waals surface area contributed by atoms with E-state index in [4.69, 9.17) is 0 Å². The lowest BCUT2D eigenvalue weighted by molar-refractivity contribution is 0.995. The van der Waals surface area contributed by atoms with Gasteiger partial charge in [-0.1, -0.05) is 15.9 Å². The molecule has 0 aliphatic heterocycles. The minimum atomic E-state index is 0.911. The summed E-state index contributed by atoms with van der Waals surface area (Å²) in [5, 5.41) is 0.961. The van der Waals surface area contributed by atoms with Gasteiger partial charge in [0.05, 0.1) is 6.20 Å². The molecule has 62 valence electrons. The topological polar surface area (TPSA) is 30.2 Å². The SMILES string of the molecule is BrCCc1cnc2cnccn12. The van der Waals surface area contributed by atoms with Gasteiger partial charge in [0.25, 0.3) is 0 Å². The normalized spacial score (nSPS) is 10.8. The van der Waals surface area contributed by atoms with Crippen LogP contribution < -0.4 is 0 Å². The highest BCUT2D eigenvalue weighted by Gasteiger charge is 2.00. The summed E-state index contributed by atoms with van der Waals surface area (Å²) < 4.78 is 2.05. The highest BCUT2D eigenvalue weighted by molar-refractivity contribution is 9.09. The van der Waals surface area contributed by atoms with Gasteiger partial charge in [-0.15, -0.1) is 0 Å². The molecule has 0 saturated heterocycles. The van der Waals surface area contributed by atoms with Gasteiger partial charge in [0.15, 0.2) is 5.65 Å². The number of hydrogen-bond donors (Lipinski definition) is 0. The second-order valence-electron chi connectivity index (χ2n) is 2.49. The number of nitrogens with zero attached hydrogens (tertiary/aromatic N) is 3. The first-order valence-corrected chi connectivity index (χ1v) is 4.86. The van der Waals surface area contributed by atoms with E-state index in [2.05, 4.69) is 25.9 Å². The van der Waals surface area contributed by atoms with Crippen LogP contribution in [0.2, 0.25) is 0 Å². The number of rotatable bonds is 2. The Kier molecular flexibility index (Phi) is 2.08. The molecule has 0 aromatic carbocycles. The van der Waals surface area contributed by atoms with Crippen molar-refractivity contribution >= 4 is 21.6 Å². The Labute approximate surface area is 78.6 Å². The molecule has 2 heterocycles. The molecule has 0 bridgehead atoms. The molecular formula is C8H8BrN3. The van der Waals surface area contributed by atoms with E-state index in [1.807, 2.05) is 16.8 Å². The van der Waals surface area contributed by atoms with Gasteiger partial charge in [0.2, 0.25) is 0 Å². The zero-order valence-corrected chi connectivity index (χ0v) is 8.03. The van der Waals surface area contributed by atoms with Crippen LogP contribution >= 0.6 is 15.9 Å². The van der Waals surface area contributed by atoms with Crippen LogP contribution in [-0.4, -0.2) is 19.7 Å². The molecule has 3 nitrogen and oxygen atoms in total. The number of imidazole rings is 1. The second-order valence-corrected chi connectivity index (χ2v) is 3.29. The maximum atomic E-state index is 4.22. The van der Waals surface area contributed by atoms with Crippen molar-refractivity contribution in [3.63, 3.8) is 0 Å². The maximum absolute atomic E-state index is 4.22. The monoisotopic (exact) mass is 225 g/mol. The van der Waals surface area contributed by atoms with E-state index in [-0.39, 0.29) is 0 Å². The molecule has 0 saturated carbocycles. The lowest BCUT2D eigenvalue weighted by Crippen LogP contribution is -1.93. The van der Waals surface area contributed by atoms with Gasteiger partial charge in [-0.25, -0.2) is 4.98 Å². The van der Waals surface area contributed by atoms with Crippen molar-refractivity contribution in [2.45, 2.75) is 6.42 Å². The van der Waals surface area contributed by atoms with Crippen molar-refractivity contribution in [1.29, 1.82) is 0 Å². The zero-order valence-electron chi connectivity index (χ0n) is 6.44. The first kappa shape index (κ1) is 7.73. The highest BCUT2D eigenvalue weighted by Crippen LogP contribution is 2.05. The van der Waals surface area contributed by atoms with Crippen LogP contribution in [0.25, 0.3) is 5.65 Å². The van der Waals surface area contributed by atoms with E-state index < -0.39 is 0 Å². The zero-order chi connectivity index (χ0) is 8.39. The van der Waals surface area contributed by atoms with Crippen LogP contribution in [0.4, 0.5) is 0 Å². The lowest BCUT2D eigenvalue weighted by Gasteiger charge is -1.96. The van der Waals surface area contributed by atoms with E-state index >= 15 is 0 Å². The molecule has 2 rings (SSSR count). The maximum Gasteiger partial charge on any atom is 0.155 e. The fourth-order valence-electron chi connectivity index (χ4n) is 1.18. The van der Waals surface area contributed by atoms with Crippen molar-refractivity contribution in [1.82, 2.24) is 14.4 Å². The Morgan fingerprint density at radius 1 is 1.42 bits per heavy atom. The first-order chi connectivity index (χ1) is 5.92. The van der Waals surface area contributed by atoms with Crippen LogP contribution in [0.1, 0.15) is 5.69 Å². The Morgan fingerprint density at radius 2 is 2.33 bits per heavy atom. The fraction of sp³-hybridized carbons (Fsp3) is 0.250. The number of halogens is 1. The van der Waals surface area contributed by atoms with Crippen molar-refractivity contribution in [3.8, 4) is 0 Å². The number of hydrogen-bond acceptors (Lipinski definition) is 2. The standard InChI is InChI=1S/C8H8BrN3/c9-2-1-7-5-11-8-6-10-3-4-12(7)8/h3-6H,1-2H2. The van der Waals surface area contributed by atoms with Gasteiger partial charge in [0.1, 0.15) is 0 Å². The molecule has 0 radical (unpaired) electrons. The highest BCUT2D eigenvalue weighted by atomic mass is 79.9. The van der Waals surface area contributed by atoms with E-state index in [0.29, 0.717) is 0 Å². The molecule has 12 heavy (non-hydrogen) atoms. The predicted octanol–water partition coefficient (Wildman–Crippen LogP) is 1.67. The molecule has 4 heteroatoms. The van der Waals surface area contributed by atoms with E-state index in [1.54, 1.807) is 12.4 Å². The second kappa shape index (κ2) is 3.23. The summed E-state index contributed by atoms with van der Waals surface area (Å²) >= 11 is 3.40. The minimum Gasteiger partial charge on any atom is -0.301 e. The molecule has 0 aliphatic rings. The lowest BCUT2D eigenvalue weighted by atomic mass is 10.4. The molecule has 2 aromatic heterocycles. The minimum absolute atomic E-state index is 0.911. The van der Waals surface area contributed by atoms with Gasteiger partial charge >= 0.3 is 0 Å². The number of fused-ring (bicyclic) bond motifs is 1. The molecule has 0 amide bonds. The number of alkyl halides is 1. The molecule has 2 aromatic rings. The molecule has 0 atom stereocenters. The fourth-order valence-corrected chi connectivity index (χ4v) is 1.58. The average molecular weight is 226 g/mol. The van der Waals surface area contributed by atoms with Gasteiger partial charge in [-0.2, -0.15) is 0 Å². The Balaban J connectivity index is 2.55. The first-order valence-electron chi connectivity index (χ1n) is 3.74. The number of aromatic nitrogens is 3. The largest absolute Gasteiger partial charge is 0.301 e. The van der Waals surface area contributed by atoms with Gasteiger partial charge in [0, 0.05) is 29.6 Å². The number of aryl methyl sites for hydroxylation is 1. The van der Waals surface area contributed by atoms with Gasteiger partial charge in [-0.3, -0.25) is 4.98 Å². The molecule has 0 fully saturated rings. The van der Waals surface area contributed by atoms with E-state index in [1.165, 1.54) is 5.69 Å². The summed E-state index contributed by atoms with van der Waals surface area (Å²) in [6.45, 7) is 0. The Bertz CT molecular complexity index is 382. The summed E-state index contributed by atoms with van der Waals surface area (Å²) in [4.78, 5) is 8.21.